The maximum absolute atomic E-state index is 12.7. The molecule has 2 aromatic carbocycles. The number of imide groups is 1. The summed E-state index contributed by atoms with van der Waals surface area (Å²) in [5, 5.41) is 6.05. The summed E-state index contributed by atoms with van der Waals surface area (Å²) in [5.74, 6) is -0.380. The number of hydrogen-bond donors (Lipinski definition) is 2. The molecule has 1 saturated heterocycles. The number of benzene rings is 2. The van der Waals surface area contributed by atoms with E-state index in [2.05, 4.69) is 10.6 Å². The van der Waals surface area contributed by atoms with Gasteiger partial charge in [-0.25, -0.2) is 0 Å². The Labute approximate surface area is 169 Å². The number of nitrogens with zero attached hydrogens (tertiary/aromatic N) is 1. The maximum Gasteiger partial charge on any atom is 0.261 e. The Balaban J connectivity index is 0.00000225. The lowest BCUT2D eigenvalue weighted by Gasteiger charge is -2.27. The lowest BCUT2D eigenvalue weighted by atomic mass is 10.0. The lowest BCUT2D eigenvalue weighted by molar-refractivity contribution is 0.0656. The van der Waals surface area contributed by atoms with Gasteiger partial charge >= 0.3 is 0 Å². The molecule has 0 unspecified atom stereocenters. The number of fused-ring (bicyclic) bond motifs is 1. The Bertz CT molecular complexity index is 897. The number of amides is 3. The fourth-order valence-corrected chi connectivity index (χ4v) is 3.35. The zero-order valence-corrected chi connectivity index (χ0v) is 16.1. The second-order valence-electron chi connectivity index (χ2n) is 6.99. The molecule has 0 aliphatic carbocycles. The smallest absolute Gasteiger partial charge is 0.261 e. The number of nitrogens with one attached hydrogen (secondary N) is 2. The van der Waals surface area contributed by atoms with E-state index >= 15 is 0 Å². The van der Waals surface area contributed by atoms with Crippen LogP contribution in [0.4, 0.5) is 0 Å². The molecule has 2 aliphatic heterocycles. The van der Waals surface area contributed by atoms with Crippen molar-refractivity contribution in [2.75, 3.05) is 26.2 Å². The predicted molar refractivity (Wildman–Crippen MR) is 108 cm³/mol. The molecule has 4 rings (SSSR count). The molecule has 2 heterocycles. The second kappa shape index (κ2) is 8.54. The van der Waals surface area contributed by atoms with Crippen molar-refractivity contribution in [2.45, 2.75) is 6.42 Å². The SMILES string of the molecule is Cl.O=C(NCC1CNC1)c1ccc2c(c1)C(=O)N(CCc1ccccc1)C2=O. The third-order valence-electron chi connectivity index (χ3n) is 5.12. The molecule has 2 N–H and O–H groups in total. The molecule has 7 heteroatoms. The van der Waals surface area contributed by atoms with E-state index in [4.69, 9.17) is 0 Å². The zero-order chi connectivity index (χ0) is 18.8. The average Bonchev–Trinajstić information content (AvgIpc) is 2.89. The first-order valence-electron chi connectivity index (χ1n) is 9.16. The Morgan fingerprint density at radius 3 is 2.43 bits per heavy atom. The number of hydrogen-bond acceptors (Lipinski definition) is 4. The van der Waals surface area contributed by atoms with Gasteiger partial charge in [0, 0.05) is 37.7 Å². The molecule has 0 spiro atoms. The van der Waals surface area contributed by atoms with Crippen LogP contribution in [0.1, 0.15) is 36.6 Å². The normalized spacial score (nSPS) is 15.6. The minimum atomic E-state index is -0.330. The number of halogens is 1. The third-order valence-corrected chi connectivity index (χ3v) is 5.12. The Morgan fingerprint density at radius 2 is 1.75 bits per heavy atom. The van der Waals surface area contributed by atoms with Crippen LogP contribution in [0.2, 0.25) is 0 Å². The summed E-state index contributed by atoms with van der Waals surface area (Å²) in [6.07, 6.45) is 0.606. The van der Waals surface area contributed by atoms with Crippen LogP contribution in [0, 0.1) is 5.92 Å². The van der Waals surface area contributed by atoms with Crippen molar-refractivity contribution in [2.24, 2.45) is 5.92 Å². The first-order valence-corrected chi connectivity index (χ1v) is 9.16. The van der Waals surface area contributed by atoms with Crippen molar-refractivity contribution in [1.29, 1.82) is 0 Å². The van der Waals surface area contributed by atoms with Gasteiger partial charge in [-0.1, -0.05) is 30.3 Å². The van der Waals surface area contributed by atoms with E-state index in [1.807, 2.05) is 30.3 Å². The van der Waals surface area contributed by atoms with Gasteiger partial charge in [0.25, 0.3) is 17.7 Å². The van der Waals surface area contributed by atoms with E-state index in [1.54, 1.807) is 12.1 Å². The maximum atomic E-state index is 12.7. The summed E-state index contributed by atoms with van der Waals surface area (Å²) in [4.78, 5) is 38.8. The molecule has 1 fully saturated rings. The highest BCUT2D eigenvalue weighted by atomic mass is 35.5. The van der Waals surface area contributed by atoms with Crippen LogP contribution in [-0.4, -0.2) is 48.8 Å². The van der Waals surface area contributed by atoms with Gasteiger partial charge < -0.3 is 10.6 Å². The van der Waals surface area contributed by atoms with Crippen molar-refractivity contribution < 1.29 is 14.4 Å². The van der Waals surface area contributed by atoms with Gasteiger partial charge in [-0.15, -0.1) is 12.4 Å². The van der Waals surface area contributed by atoms with Crippen LogP contribution in [-0.2, 0) is 6.42 Å². The molecule has 0 atom stereocenters. The molecule has 2 aliphatic rings. The van der Waals surface area contributed by atoms with E-state index in [-0.39, 0.29) is 30.1 Å². The highest BCUT2D eigenvalue weighted by Gasteiger charge is 2.35. The molecule has 3 amide bonds. The number of carbonyl (C=O) groups is 3. The summed E-state index contributed by atoms with van der Waals surface area (Å²) in [7, 11) is 0. The van der Waals surface area contributed by atoms with E-state index in [0.717, 1.165) is 18.7 Å². The van der Waals surface area contributed by atoms with Gasteiger partial charge in [0.1, 0.15) is 0 Å². The quantitative estimate of drug-likeness (QED) is 0.727. The van der Waals surface area contributed by atoms with Crippen LogP contribution < -0.4 is 10.6 Å². The molecule has 6 nitrogen and oxygen atoms in total. The monoisotopic (exact) mass is 399 g/mol. The molecule has 0 bridgehead atoms. The van der Waals surface area contributed by atoms with Gasteiger partial charge in [-0.05, 0) is 30.2 Å². The number of carbonyl (C=O) groups excluding carboxylic acids is 3. The van der Waals surface area contributed by atoms with Crippen molar-refractivity contribution in [3.63, 3.8) is 0 Å². The molecular formula is C21H22ClN3O3. The molecule has 0 aromatic heterocycles. The minimum absolute atomic E-state index is 0. The van der Waals surface area contributed by atoms with E-state index in [1.165, 1.54) is 11.0 Å². The Morgan fingerprint density at radius 1 is 1.04 bits per heavy atom. The second-order valence-corrected chi connectivity index (χ2v) is 6.99. The van der Waals surface area contributed by atoms with Gasteiger partial charge in [0.05, 0.1) is 11.1 Å². The van der Waals surface area contributed by atoms with Crippen LogP contribution in [0.3, 0.4) is 0 Å². The zero-order valence-electron chi connectivity index (χ0n) is 15.3. The van der Waals surface area contributed by atoms with Crippen LogP contribution >= 0.6 is 12.4 Å². The first kappa shape index (κ1) is 20.0. The summed E-state index contributed by atoms with van der Waals surface area (Å²) in [6, 6.07) is 14.5. The summed E-state index contributed by atoms with van der Waals surface area (Å²) < 4.78 is 0. The fraction of sp³-hybridized carbons (Fsp3) is 0.286. The molecular weight excluding hydrogens is 378 g/mol. The van der Waals surface area contributed by atoms with Crippen molar-refractivity contribution in [1.82, 2.24) is 15.5 Å². The van der Waals surface area contributed by atoms with Crippen LogP contribution in [0.15, 0.2) is 48.5 Å². The van der Waals surface area contributed by atoms with Crippen molar-refractivity contribution in [3.8, 4) is 0 Å². The summed E-state index contributed by atoms with van der Waals surface area (Å²) >= 11 is 0. The molecule has 2 aromatic rings. The van der Waals surface area contributed by atoms with Crippen LogP contribution in [0.25, 0.3) is 0 Å². The van der Waals surface area contributed by atoms with Crippen molar-refractivity contribution >= 4 is 30.1 Å². The van der Waals surface area contributed by atoms with Gasteiger partial charge in [-0.2, -0.15) is 0 Å². The van der Waals surface area contributed by atoms with Crippen molar-refractivity contribution in [3.05, 3.63) is 70.8 Å². The highest BCUT2D eigenvalue weighted by molar-refractivity contribution is 6.22. The highest BCUT2D eigenvalue weighted by Crippen LogP contribution is 2.24. The fourth-order valence-electron chi connectivity index (χ4n) is 3.35. The molecule has 28 heavy (non-hydrogen) atoms. The van der Waals surface area contributed by atoms with Gasteiger partial charge in [0.15, 0.2) is 0 Å². The van der Waals surface area contributed by atoms with E-state index in [9.17, 15) is 14.4 Å². The largest absolute Gasteiger partial charge is 0.352 e. The summed E-state index contributed by atoms with van der Waals surface area (Å²) in [6.45, 7) is 2.76. The van der Waals surface area contributed by atoms with E-state index < -0.39 is 0 Å². The van der Waals surface area contributed by atoms with E-state index in [0.29, 0.717) is 42.1 Å². The van der Waals surface area contributed by atoms with Crippen LogP contribution in [0.5, 0.6) is 0 Å². The lowest BCUT2D eigenvalue weighted by Crippen LogP contribution is -2.48. The Hall–Kier alpha value is -2.70. The van der Waals surface area contributed by atoms with Gasteiger partial charge in [0.2, 0.25) is 0 Å². The standard InChI is InChI=1S/C21H21N3O3.ClH/c25-19(23-13-15-11-22-12-15)16-6-7-17-18(10-16)21(27)24(20(17)26)9-8-14-4-2-1-3-5-14;/h1-7,10,15,22H,8-9,11-13H2,(H,23,25);1H. The average molecular weight is 400 g/mol. The summed E-state index contributed by atoms with van der Waals surface area (Å²) in [5.41, 5.74) is 2.16. The topological polar surface area (TPSA) is 78.5 Å². The molecule has 0 saturated carbocycles. The molecule has 0 radical (unpaired) electrons. The Kier molecular flexibility index (Phi) is 6.11. The molecule has 146 valence electrons. The first-order chi connectivity index (χ1) is 13.1. The number of rotatable bonds is 6. The predicted octanol–water partition coefficient (Wildman–Crippen LogP) is 1.90. The van der Waals surface area contributed by atoms with Gasteiger partial charge in [-0.3, -0.25) is 19.3 Å². The minimum Gasteiger partial charge on any atom is -0.352 e. The third kappa shape index (κ3) is 3.93.